The number of nitrogens with zero attached hydrogens (tertiary/aromatic N) is 2. The number of halogens is 3. The molecule has 1 atom stereocenters. The van der Waals surface area contributed by atoms with Gasteiger partial charge in [0.25, 0.3) is 0 Å². The Kier molecular flexibility index (Phi) is 3.70. The molecule has 0 saturated carbocycles. The molecule has 1 unspecified atom stereocenters. The molecule has 1 aliphatic heterocycles. The number of rotatable bonds is 3. The lowest BCUT2D eigenvalue weighted by molar-refractivity contribution is -0.254. The molecule has 3 rings (SSSR count). The maximum atomic E-state index is 12.8. The molecule has 1 fully saturated rings. The number of aliphatic hydroxyl groups is 1. The monoisotopic (exact) mass is 312 g/mol. The van der Waals surface area contributed by atoms with Crippen molar-refractivity contribution in [3.63, 3.8) is 0 Å². The van der Waals surface area contributed by atoms with Gasteiger partial charge in [0, 0.05) is 31.3 Å². The molecule has 4 nitrogen and oxygen atoms in total. The van der Waals surface area contributed by atoms with Crippen molar-refractivity contribution in [3.05, 3.63) is 42.1 Å². The summed E-state index contributed by atoms with van der Waals surface area (Å²) in [5.41, 5.74) is -1.22. The third kappa shape index (κ3) is 2.86. The lowest BCUT2D eigenvalue weighted by Gasteiger charge is -2.25. The van der Waals surface area contributed by atoms with E-state index in [-0.39, 0.29) is 19.5 Å². The predicted molar refractivity (Wildman–Crippen MR) is 72.8 cm³/mol. The van der Waals surface area contributed by atoms with Crippen LogP contribution in [-0.4, -0.2) is 40.0 Å². The van der Waals surface area contributed by atoms with Crippen LogP contribution >= 0.6 is 0 Å². The van der Waals surface area contributed by atoms with Crippen molar-refractivity contribution in [1.29, 1.82) is 0 Å². The summed E-state index contributed by atoms with van der Waals surface area (Å²) in [5.74, 6) is 0.570. The highest BCUT2D eigenvalue weighted by molar-refractivity contribution is 5.56. The highest BCUT2D eigenvalue weighted by Crippen LogP contribution is 2.38. The Hall–Kier alpha value is -1.86. The van der Waals surface area contributed by atoms with Crippen molar-refractivity contribution in [1.82, 2.24) is 10.1 Å². The van der Waals surface area contributed by atoms with Gasteiger partial charge in [-0.25, -0.2) is 0 Å². The molecule has 1 aliphatic rings. The Bertz CT molecular complexity index is 642. The quantitative estimate of drug-likeness (QED) is 0.947. The van der Waals surface area contributed by atoms with Crippen molar-refractivity contribution < 1.29 is 22.8 Å². The van der Waals surface area contributed by atoms with Crippen LogP contribution in [0.25, 0.3) is 11.3 Å². The third-order valence-corrected chi connectivity index (χ3v) is 3.86. The average molecular weight is 312 g/mol. The van der Waals surface area contributed by atoms with Gasteiger partial charge in [-0.2, -0.15) is 13.2 Å². The second-order valence-corrected chi connectivity index (χ2v) is 5.54. The summed E-state index contributed by atoms with van der Waals surface area (Å²) in [6.07, 6.45) is -4.93. The zero-order valence-corrected chi connectivity index (χ0v) is 11.7. The molecule has 0 radical (unpaired) electrons. The van der Waals surface area contributed by atoms with Crippen LogP contribution in [0, 0.1) is 0 Å². The van der Waals surface area contributed by atoms with E-state index in [2.05, 4.69) is 5.16 Å². The first-order chi connectivity index (χ1) is 10.4. The number of benzene rings is 1. The van der Waals surface area contributed by atoms with E-state index in [1.54, 1.807) is 6.07 Å². The number of hydrogen-bond donors (Lipinski definition) is 1. The molecule has 0 amide bonds. The number of hydrogen-bond acceptors (Lipinski definition) is 4. The summed E-state index contributed by atoms with van der Waals surface area (Å²) in [6.45, 7) is -0.0533. The maximum Gasteiger partial charge on any atom is 0.418 e. The van der Waals surface area contributed by atoms with E-state index in [1.807, 2.05) is 30.3 Å². The lowest BCUT2D eigenvalue weighted by Crippen LogP contribution is -2.47. The Labute approximate surface area is 125 Å². The fourth-order valence-corrected chi connectivity index (χ4v) is 2.59. The molecule has 0 aliphatic carbocycles. The average Bonchev–Trinajstić information content (AvgIpc) is 3.08. The Balaban J connectivity index is 1.67. The number of alkyl halides is 3. The molecule has 0 spiro atoms. The summed E-state index contributed by atoms with van der Waals surface area (Å²) in [5, 5.41) is 13.5. The van der Waals surface area contributed by atoms with E-state index in [0.717, 1.165) is 5.56 Å². The van der Waals surface area contributed by atoms with Crippen molar-refractivity contribution in [3.8, 4) is 11.3 Å². The fourth-order valence-electron chi connectivity index (χ4n) is 2.59. The molecule has 0 bridgehead atoms. The van der Waals surface area contributed by atoms with Gasteiger partial charge in [-0.05, 0) is 6.42 Å². The molecule has 1 aromatic heterocycles. The van der Waals surface area contributed by atoms with Crippen molar-refractivity contribution in [2.45, 2.75) is 24.7 Å². The second kappa shape index (κ2) is 5.40. The van der Waals surface area contributed by atoms with Crippen LogP contribution in [-0.2, 0) is 6.54 Å². The van der Waals surface area contributed by atoms with Gasteiger partial charge in [-0.3, -0.25) is 4.90 Å². The molecule has 1 aromatic carbocycles. The Morgan fingerprint density at radius 2 is 2.00 bits per heavy atom. The van der Waals surface area contributed by atoms with Crippen molar-refractivity contribution in [2.75, 3.05) is 13.1 Å². The largest absolute Gasteiger partial charge is 0.418 e. The standard InChI is InChI=1S/C15H15F3N2O2/c16-15(17,18)14(21)6-7-20(10-14)9-12-8-13(22-19-12)11-4-2-1-3-5-11/h1-5,8,21H,6-7,9-10H2. The minimum Gasteiger partial charge on any atom is -0.379 e. The summed E-state index contributed by atoms with van der Waals surface area (Å²) in [6, 6.07) is 11.0. The summed E-state index contributed by atoms with van der Waals surface area (Å²) < 4.78 is 43.5. The topological polar surface area (TPSA) is 49.5 Å². The third-order valence-electron chi connectivity index (χ3n) is 3.86. The fraction of sp³-hybridized carbons (Fsp3) is 0.400. The Morgan fingerprint density at radius 1 is 1.27 bits per heavy atom. The number of β-amino-alcohol motifs (C(OH)–C–C–N with tert-alkyl or cyclic N) is 1. The SMILES string of the molecule is OC1(C(F)(F)F)CCN(Cc2cc(-c3ccccc3)on2)C1. The van der Waals surface area contributed by atoms with Crippen LogP contribution < -0.4 is 0 Å². The number of likely N-dealkylation sites (tertiary alicyclic amines) is 1. The normalized spacial score (nSPS) is 23.1. The van der Waals surface area contributed by atoms with Crippen molar-refractivity contribution >= 4 is 0 Å². The van der Waals surface area contributed by atoms with Crippen LogP contribution in [0.3, 0.4) is 0 Å². The maximum absolute atomic E-state index is 12.8. The summed E-state index contributed by atoms with van der Waals surface area (Å²) >= 11 is 0. The molecule has 2 aromatic rings. The highest BCUT2D eigenvalue weighted by Gasteiger charge is 2.56. The van der Waals surface area contributed by atoms with Crippen LogP contribution in [0.4, 0.5) is 13.2 Å². The molecule has 1 N–H and O–H groups in total. The van der Waals surface area contributed by atoms with Gasteiger partial charge < -0.3 is 9.63 Å². The van der Waals surface area contributed by atoms with E-state index in [1.165, 1.54) is 4.90 Å². The van der Waals surface area contributed by atoms with Crippen LogP contribution in [0.1, 0.15) is 12.1 Å². The minimum atomic E-state index is -4.61. The molecular formula is C15H15F3N2O2. The van der Waals surface area contributed by atoms with Gasteiger partial charge in [-0.15, -0.1) is 0 Å². The first-order valence-electron chi connectivity index (χ1n) is 6.90. The highest BCUT2D eigenvalue weighted by atomic mass is 19.4. The smallest absolute Gasteiger partial charge is 0.379 e. The van der Waals surface area contributed by atoms with Crippen LogP contribution in [0.5, 0.6) is 0 Å². The van der Waals surface area contributed by atoms with Gasteiger partial charge in [0.15, 0.2) is 11.4 Å². The predicted octanol–water partition coefficient (Wildman–Crippen LogP) is 2.84. The first-order valence-corrected chi connectivity index (χ1v) is 6.90. The van der Waals surface area contributed by atoms with E-state index >= 15 is 0 Å². The van der Waals surface area contributed by atoms with Gasteiger partial charge in [-0.1, -0.05) is 35.5 Å². The van der Waals surface area contributed by atoms with Crippen LogP contribution in [0.2, 0.25) is 0 Å². The molecule has 118 valence electrons. The summed E-state index contributed by atoms with van der Waals surface area (Å²) in [4.78, 5) is 1.53. The lowest BCUT2D eigenvalue weighted by atomic mass is 10.0. The first kappa shape index (κ1) is 15.1. The van der Waals surface area contributed by atoms with Gasteiger partial charge in [0.2, 0.25) is 0 Å². The van der Waals surface area contributed by atoms with E-state index < -0.39 is 18.3 Å². The zero-order valence-electron chi connectivity index (χ0n) is 11.7. The molecule has 2 heterocycles. The van der Waals surface area contributed by atoms with Crippen molar-refractivity contribution in [2.24, 2.45) is 0 Å². The van der Waals surface area contributed by atoms with E-state index in [4.69, 9.17) is 4.52 Å². The second-order valence-electron chi connectivity index (χ2n) is 5.54. The van der Waals surface area contributed by atoms with Gasteiger partial charge >= 0.3 is 6.18 Å². The molecule has 7 heteroatoms. The van der Waals surface area contributed by atoms with E-state index in [0.29, 0.717) is 11.5 Å². The zero-order chi connectivity index (χ0) is 15.8. The van der Waals surface area contributed by atoms with Gasteiger partial charge in [0.05, 0.1) is 5.69 Å². The molecule has 1 saturated heterocycles. The minimum absolute atomic E-state index is 0.170. The molecular weight excluding hydrogens is 297 g/mol. The van der Waals surface area contributed by atoms with E-state index in [9.17, 15) is 18.3 Å². The number of aromatic nitrogens is 1. The molecule has 22 heavy (non-hydrogen) atoms. The van der Waals surface area contributed by atoms with Crippen LogP contribution in [0.15, 0.2) is 40.9 Å². The van der Waals surface area contributed by atoms with Gasteiger partial charge in [0.1, 0.15) is 0 Å². The Morgan fingerprint density at radius 3 is 2.64 bits per heavy atom. The summed E-state index contributed by atoms with van der Waals surface area (Å²) in [7, 11) is 0.